The van der Waals surface area contributed by atoms with E-state index in [1.54, 1.807) is 6.92 Å². The molecule has 0 bridgehead atoms. The molecule has 28 heavy (non-hydrogen) atoms. The molecular formula is C20H18N4O4. The van der Waals surface area contributed by atoms with E-state index in [4.69, 9.17) is 5.11 Å². The molecule has 1 aliphatic rings. The minimum atomic E-state index is -1.18. The molecule has 3 aromatic rings. The van der Waals surface area contributed by atoms with Crippen molar-refractivity contribution in [1.29, 1.82) is 0 Å². The number of aryl methyl sites for hydroxylation is 1. The second kappa shape index (κ2) is 6.49. The van der Waals surface area contributed by atoms with Crippen LogP contribution in [0.1, 0.15) is 24.1 Å². The number of nitrogens with zero attached hydrogens (tertiary/aromatic N) is 3. The Balaban J connectivity index is 1.59. The minimum Gasteiger partial charge on any atom is -0.481 e. The van der Waals surface area contributed by atoms with Crippen LogP contribution in [0.2, 0.25) is 0 Å². The summed E-state index contributed by atoms with van der Waals surface area (Å²) in [6, 6.07) is 15.0. The molecule has 1 saturated carbocycles. The highest BCUT2D eigenvalue weighted by Crippen LogP contribution is 2.48. The highest BCUT2D eigenvalue weighted by molar-refractivity contribution is 5.85. The number of rotatable bonds is 5. The number of anilines is 1. The van der Waals surface area contributed by atoms with Crippen molar-refractivity contribution < 1.29 is 19.8 Å². The third-order valence-electron chi connectivity index (χ3n) is 5.11. The van der Waals surface area contributed by atoms with Crippen LogP contribution in [0.3, 0.4) is 0 Å². The van der Waals surface area contributed by atoms with Crippen LogP contribution in [-0.2, 0) is 10.2 Å². The predicted molar refractivity (Wildman–Crippen MR) is 102 cm³/mol. The van der Waals surface area contributed by atoms with E-state index < -0.39 is 17.5 Å². The summed E-state index contributed by atoms with van der Waals surface area (Å²) in [4.78, 5) is 22.4. The Morgan fingerprint density at radius 1 is 1.00 bits per heavy atom. The molecular weight excluding hydrogens is 360 g/mol. The molecule has 4 rings (SSSR count). The van der Waals surface area contributed by atoms with E-state index in [1.165, 1.54) is 4.68 Å². The van der Waals surface area contributed by atoms with Gasteiger partial charge in [0, 0.05) is 0 Å². The van der Waals surface area contributed by atoms with Crippen LogP contribution < -0.4 is 5.32 Å². The lowest BCUT2D eigenvalue weighted by Gasteiger charge is -2.11. The lowest BCUT2D eigenvalue weighted by molar-refractivity contribution is -0.140. The molecule has 1 fully saturated rings. The van der Waals surface area contributed by atoms with Gasteiger partial charge in [0.05, 0.1) is 11.1 Å². The number of amides is 1. The van der Waals surface area contributed by atoms with Gasteiger partial charge in [-0.2, -0.15) is 4.68 Å². The Bertz CT molecular complexity index is 1050. The fraction of sp³-hybridized carbons (Fsp3) is 0.200. The molecule has 1 amide bonds. The molecule has 1 aliphatic carbocycles. The zero-order valence-corrected chi connectivity index (χ0v) is 15.1. The summed E-state index contributed by atoms with van der Waals surface area (Å²) in [6.07, 6.45) is 0.180. The van der Waals surface area contributed by atoms with E-state index in [0.29, 0.717) is 30.0 Å². The number of nitrogens with one attached hydrogen (secondary N) is 1. The van der Waals surface area contributed by atoms with Crippen molar-refractivity contribution in [3.63, 3.8) is 0 Å². The van der Waals surface area contributed by atoms with E-state index in [9.17, 15) is 14.7 Å². The number of carbonyl (C=O) groups is 2. The number of hydrogen-bond acceptors (Lipinski definition) is 4. The van der Waals surface area contributed by atoms with Crippen molar-refractivity contribution in [2.75, 3.05) is 5.32 Å². The van der Waals surface area contributed by atoms with Gasteiger partial charge >= 0.3 is 12.1 Å². The first-order valence-electron chi connectivity index (χ1n) is 8.78. The first-order valence-corrected chi connectivity index (χ1v) is 8.78. The minimum absolute atomic E-state index is 0.299. The zero-order valence-electron chi connectivity index (χ0n) is 15.1. The number of carboxylic acid groups (broad SMARTS) is 2. The van der Waals surface area contributed by atoms with Gasteiger partial charge in [0.25, 0.3) is 0 Å². The fourth-order valence-corrected chi connectivity index (χ4v) is 3.31. The largest absolute Gasteiger partial charge is 0.481 e. The van der Waals surface area contributed by atoms with Crippen LogP contribution in [0.4, 0.5) is 10.6 Å². The Morgan fingerprint density at radius 3 is 2.07 bits per heavy atom. The topological polar surface area (TPSA) is 117 Å². The maximum absolute atomic E-state index is 11.5. The van der Waals surface area contributed by atoms with Crippen LogP contribution in [0.25, 0.3) is 16.8 Å². The second-order valence-corrected chi connectivity index (χ2v) is 6.88. The number of benzene rings is 2. The van der Waals surface area contributed by atoms with Gasteiger partial charge in [-0.3, -0.25) is 10.1 Å². The fourth-order valence-electron chi connectivity index (χ4n) is 3.31. The summed E-state index contributed by atoms with van der Waals surface area (Å²) in [5, 5.41) is 28.6. The van der Waals surface area contributed by atoms with Crippen LogP contribution in [-0.4, -0.2) is 37.3 Å². The van der Waals surface area contributed by atoms with Gasteiger partial charge in [-0.25, -0.2) is 4.79 Å². The van der Waals surface area contributed by atoms with Crippen molar-refractivity contribution in [2.24, 2.45) is 0 Å². The lowest BCUT2D eigenvalue weighted by atomic mass is 9.94. The Kier molecular flexibility index (Phi) is 4.11. The third kappa shape index (κ3) is 2.98. The standard InChI is InChI=1S/C20H18N4O4/c1-12-17(21-19(27)28)24(23-22-12)16-8-4-14(5-9-16)13-2-6-15(7-3-13)20(10-11-20)18(25)26/h2-9,21H,10-11H2,1H3,(H,25,26)(H,27,28). The van der Waals surface area contributed by atoms with Crippen LogP contribution in [0.5, 0.6) is 0 Å². The number of carboxylic acids is 1. The smallest absolute Gasteiger partial charge is 0.410 e. The highest BCUT2D eigenvalue weighted by atomic mass is 16.4. The molecule has 8 nitrogen and oxygen atoms in total. The molecule has 1 aromatic heterocycles. The monoisotopic (exact) mass is 378 g/mol. The molecule has 0 saturated heterocycles. The van der Waals surface area contributed by atoms with Crippen molar-refractivity contribution >= 4 is 17.9 Å². The van der Waals surface area contributed by atoms with E-state index in [2.05, 4.69) is 15.6 Å². The van der Waals surface area contributed by atoms with Gasteiger partial charge in [0.15, 0.2) is 5.82 Å². The normalized spacial score (nSPS) is 14.5. The quantitative estimate of drug-likeness (QED) is 0.626. The van der Waals surface area contributed by atoms with Gasteiger partial charge in [-0.1, -0.05) is 41.6 Å². The van der Waals surface area contributed by atoms with E-state index in [0.717, 1.165) is 16.7 Å². The lowest BCUT2D eigenvalue weighted by Crippen LogP contribution is -2.19. The Hall–Kier alpha value is -3.68. The van der Waals surface area contributed by atoms with E-state index in [-0.39, 0.29) is 0 Å². The SMILES string of the molecule is Cc1nnn(-c2ccc(-c3ccc(C4(C(=O)O)CC4)cc3)cc2)c1NC(=O)O. The highest BCUT2D eigenvalue weighted by Gasteiger charge is 2.51. The van der Waals surface area contributed by atoms with Gasteiger partial charge in [0.1, 0.15) is 5.69 Å². The zero-order chi connectivity index (χ0) is 19.9. The van der Waals surface area contributed by atoms with Crippen LogP contribution in [0.15, 0.2) is 48.5 Å². The summed E-state index contributed by atoms with van der Waals surface area (Å²) < 4.78 is 1.43. The average Bonchev–Trinajstić information content (AvgIpc) is 3.43. The molecule has 0 aliphatic heterocycles. The van der Waals surface area contributed by atoms with Gasteiger partial charge in [-0.05, 0) is 48.6 Å². The first kappa shape index (κ1) is 17.7. The van der Waals surface area contributed by atoms with Gasteiger partial charge in [-0.15, -0.1) is 5.10 Å². The van der Waals surface area contributed by atoms with Crippen molar-refractivity contribution in [3.05, 3.63) is 59.8 Å². The van der Waals surface area contributed by atoms with E-state index in [1.807, 2.05) is 48.5 Å². The Morgan fingerprint density at radius 2 is 1.57 bits per heavy atom. The van der Waals surface area contributed by atoms with Crippen molar-refractivity contribution in [3.8, 4) is 16.8 Å². The summed E-state index contributed by atoms with van der Waals surface area (Å²) in [6.45, 7) is 1.68. The van der Waals surface area contributed by atoms with Gasteiger partial charge < -0.3 is 10.2 Å². The number of aromatic nitrogens is 3. The molecule has 0 radical (unpaired) electrons. The maximum Gasteiger partial charge on any atom is 0.410 e. The average molecular weight is 378 g/mol. The summed E-state index contributed by atoms with van der Waals surface area (Å²) >= 11 is 0. The van der Waals surface area contributed by atoms with Crippen molar-refractivity contribution in [2.45, 2.75) is 25.2 Å². The molecule has 2 aromatic carbocycles. The summed E-state index contributed by atoms with van der Waals surface area (Å²) in [5.74, 6) is -0.466. The van der Waals surface area contributed by atoms with Crippen molar-refractivity contribution in [1.82, 2.24) is 15.0 Å². The molecule has 0 atom stereocenters. The molecule has 8 heteroatoms. The third-order valence-corrected chi connectivity index (χ3v) is 5.11. The maximum atomic E-state index is 11.5. The number of hydrogen-bond donors (Lipinski definition) is 3. The van der Waals surface area contributed by atoms with E-state index >= 15 is 0 Å². The van der Waals surface area contributed by atoms with Gasteiger partial charge in [0.2, 0.25) is 0 Å². The molecule has 142 valence electrons. The predicted octanol–water partition coefficient (Wildman–Crippen LogP) is 3.45. The molecule has 1 heterocycles. The van der Waals surface area contributed by atoms with Crippen LogP contribution >= 0.6 is 0 Å². The summed E-state index contributed by atoms with van der Waals surface area (Å²) in [7, 11) is 0. The Labute approximate surface area is 160 Å². The molecule has 0 unspecified atom stereocenters. The first-order chi connectivity index (χ1) is 13.4. The second-order valence-electron chi connectivity index (χ2n) is 6.88. The molecule has 3 N–H and O–H groups in total. The van der Waals surface area contributed by atoms with Crippen LogP contribution in [0, 0.1) is 6.92 Å². The summed E-state index contributed by atoms with van der Waals surface area (Å²) in [5.41, 5.74) is 3.21. The number of aliphatic carboxylic acids is 1. The molecule has 0 spiro atoms.